The summed E-state index contributed by atoms with van der Waals surface area (Å²) >= 11 is 0. The Morgan fingerprint density at radius 2 is 0.831 bits per heavy atom. The normalized spacial score (nSPS) is 30.1. The quantitative estimate of drug-likeness (QED) is 0.0241. The van der Waals surface area contributed by atoms with Crippen LogP contribution in [0.2, 0.25) is 0 Å². The van der Waals surface area contributed by atoms with Gasteiger partial charge in [-0.1, -0.05) is 182 Å². The van der Waals surface area contributed by atoms with Gasteiger partial charge in [0.2, 0.25) is 5.91 Å². The Kier molecular flexibility index (Phi) is 40.9. The molecule has 0 aromatic heterocycles. The fourth-order valence-electron chi connectivity index (χ4n) is 9.82. The molecule has 17 atom stereocenters. The molecule has 19 heteroatoms. The van der Waals surface area contributed by atoms with Gasteiger partial charge in [0.1, 0.15) is 73.2 Å². The van der Waals surface area contributed by atoms with Crippen LogP contribution in [0.3, 0.4) is 0 Å². The number of hydrogen-bond acceptors (Lipinski definition) is 18. The number of amides is 1. The lowest BCUT2D eigenvalue weighted by molar-refractivity contribution is -0.379. The van der Waals surface area contributed by atoms with Gasteiger partial charge in [0.15, 0.2) is 18.9 Å². The van der Waals surface area contributed by atoms with Crippen molar-refractivity contribution in [3.05, 3.63) is 97.2 Å². The molecule has 1 amide bonds. The summed E-state index contributed by atoms with van der Waals surface area (Å²) < 4.78 is 34.2. The largest absolute Gasteiger partial charge is 0.394 e. The molecule has 3 saturated heterocycles. The lowest BCUT2D eigenvalue weighted by Crippen LogP contribution is -2.66. The van der Waals surface area contributed by atoms with Crippen molar-refractivity contribution in [1.82, 2.24) is 5.32 Å². The van der Waals surface area contributed by atoms with Crippen LogP contribution < -0.4 is 5.32 Å². The Balaban J connectivity index is 1.41. The van der Waals surface area contributed by atoms with E-state index in [0.717, 1.165) is 116 Å². The average molecular weight is 1180 g/mol. The second-order valence-corrected chi connectivity index (χ2v) is 21.8. The molecule has 0 saturated carbocycles. The summed E-state index contributed by atoms with van der Waals surface area (Å²) in [5.74, 6) is -0.295. The summed E-state index contributed by atoms with van der Waals surface area (Å²) in [6.45, 7) is 1.53. The number of carbonyl (C=O) groups is 1. The van der Waals surface area contributed by atoms with Crippen LogP contribution in [0, 0.1) is 0 Å². The molecule has 3 heterocycles. The van der Waals surface area contributed by atoms with Gasteiger partial charge >= 0.3 is 0 Å². The minimum atomic E-state index is -1.98. The third-order valence-corrected chi connectivity index (χ3v) is 14.9. The van der Waals surface area contributed by atoms with Crippen molar-refractivity contribution in [2.24, 2.45) is 0 Å². The molecule has 19 nitrogen and oxygen atoms in total. The molecule has 476 valence electrons. The molecule has 0 radical (unpaired) electrons. The number of hydrogen-bond donors (Lipinski definition) is 12. The summed E-state index contributed by atoms with van der Waals surface area (Å²) in [5, 5.41) is 120. The van der Waals surface area contributed by atoms with Gasteiger partial charge in [-0.25, -0.2) is 0 Å². The van der Waals surface area contributed by atoms with Crippen LogP contribution in [0.4, 0.5) is 0 Å². The molecule has 0 spiro atoms. The van der Waals surface area contributed by atoms with Crippen LogP contribution in [0.15, 0.2) is 97.2 Å². The van der Waals surface area contributed by atoms with Gasteiger partial charge in [-0.2, -0.15) is 0 Å². The van der Waals surface area contributed by atoms with Gasteiger partial charge in [0.05, 0.1) is 38.6 Å². The van der Waals surface area contributed by atoms with Gasteiger partial charge in [-0.3, -0.25) is 4.79 Å². The Bertz CT molecular complexity index is 1890. The summed E-state index contributed by atoms with van der Waals surface area (Å²) in [4.78, 5) is 13.3. The minimum absolute atomic E-state index is 0.223. The van der Waals surface area contributed by atoms with Crippen LogP contribution in [0.5, 0.6) is 0 Å². The van der Waals surface area contributed by atoms with E-state index in [1.54, 1.807) is 6.08 Å². The van der Waals surface area contributed by atoms with Gasteiger partial charge in [-0.15, -0.1) is 0 Å². The first-order valence-electron chi connectivity index (χ1n) is 31.0. The van der Waals surface area contributed by atoms with Gasteiger partial charge in [0, 0.05) is 6.42 Å². The zero-order valence-corrected chi connectivity index (χ0v) is 49.6. The fraction of sp³-hybridized carbons (Fsp3) is 0.734. The molecule has 0 bridgehead atoms. The Morgan fingerprint density at radius 1 is 0.446 bits per heavy atom. The van der Waals surface area contributed by atoms with Gasteiger partial charge in [0.25, 0.3) is 0 Å². The maximum Gasteiger partial charge on any atom is 0.220 e. The number of unbranched alkanes of at least 4 members (excludes halogenated alkanes) is 14. The molecule has 0 aromatic rings. The van der Waals surface area contributed by atoms with Crippen molar-refractivity contribution in [1.29, 1.82) is 0 Å². The lowest BCUT2D eigenvalue weighted by atomic mass is 9.96. The Labute approximate surface area is 494 Å². The van der Waals surface area contributed by atoms with E-state index < -0.39 is 124 Å². The third kappa shape index (κ3) is 29.3. The van der Waals surface area contributed by atoms with E-state index in [0.29, 0.717) is 6.42 Å². The molecule has 3 aliphatic rings. The Morgan fingerprint density at radius 3 is 1.30 bits per heavy atom. The van der Waals surface area contributed by atoms with Crippen molar-refractivity contribution >= 4 is 5.91 Å². The van der Waals surface area contributed by atoms with Crippen LogP contribution >= 0.6 is 0 Å². The van der Waals surface area contributed by atoms with E-state index in [-0.39, 0.29) is 18.9 Å². The third-order valence-electron chi connectivity index (χ3n) is 14.9. The summed E-state index contributed by atoms with van der Waals surface area (Å²) in [5.41, 5.74) is 0. The van der Waals surface area contributed by atoms with E-state index in [4.69, 9.17) is 28.4 Å². The second kappa shape index (κ2) is 45.9. The monoisotopic (exact) mass is 1180 g/mol. The summed E-state index contributed by atoms with van der Waals surface area (Å²) in [6, 6.07) is -0.984. The van der Waals surface area contributed by atoms with E-state index in [9.17, 15) is 61.0 Å². The number of rotatable bonds is 44. The molecule has 0 aromatic carbocycles. The average Bonchev–Trinajstić information content (AvgIpc) is 3.25. The van der Waals surface area contributed by atoms with E-state index in [1.807, 2.05) is 6.08 Å². The van der Waals surface area contributed by atoms with E-state index >= 15 is 0 Å². The Hall–Kier alpha value is -3.29. The summed E-state index contributed by atoms with van der Waals surface area (Å²) in [6.07, 6.45) is 31.2. The standard InChI is InChI=1S/C64H107NO18/c1-3-5-7-9-11-13-14-15-16-17-18-19-20-21-22-23-24-25-26-27-28-29-30-31-32-34-36-38-40-42-52(70)65-47(48(69)41-39-37-35-33-12-10-8-6-4-2)46-78-62-58(76)55(73)60(50(44-67)80-62)83-64-59(77)56(74)61(51(45-68)81-64)82-63-57(75)54(72)53(71)49(43-66)79-63/h5,7,11,13,15-16,18-19,21-22,24-25,27-28,39,41,47-51,53-64,66-69,71-77H,3-4,6,8-10,12,14,17,20,23,26,29-38,40,42-46H2,1-2H3,(H,65,70)/b7-5-,13-11-,16-15-,19-18-,22-21-,25-24-,28-27-,41-39+. The number of allylic oxidation sites excluding steroid dienone is 15. The van der Waals surface area contributed by atoms with E-state index in [1.165, 1.54) is 25.7 Å². The topological polar surface area (TPSA) is 307 Å². The molecule has 17 unspecified atom stereocenters. The van der Waals surface area contributed by atoms with E-state index in [2.05, 4.69) is 104 Å². The maximum atomic E-state index is 13.3. The highest BCUT2D eigenvalue weighted by Gasteiger charge is 2.53. The highest BCUT2D eigenvalue weighted by atomic mass is 16.8. The second-order valence-electron chi connectivity index (χ2n) is 21.8. The van der Waals surface area contributed by atoms with Crippen molar-refractivity contribution in [3.8, 4) is 0 Å². The number of aliphatic hydroxyl groups excluding tert-OH is 11. The summed E-state index contributed by atoms with van der Waals surface area (Å²) in [7, 11) is 0. The molecule has 3 fully saturated rings. The SMILES string of the molecule is CC/C=C\C/C=C\C/C=C\C/C=C\C/C=C\C/C=C\C/C=C\CCCCCCCCCC(=O)NC(COC1OC(CO)C(OC2OC(CO)C(OC3OC(CO)C(O)C(O)C3O)C(O)C2O)C(O)C1O)C(O)/C=C/CCCCCCCCC. The lowest BCUT2D eigenvalue weighted by Gasteiger charge is -2.48. The first-order chi connectivity index (χ1) is 40.3. The highest BCUT2D eigenvalue weighted by Crippen LogP contribution is 2.33. The number of ether oxygens (including phenoxy) is 6. The van der Waals surface area contributed by atoms with Crippen molar-refractivity contribution in [2.75, 3.05) is 26.4 Å². The first-order valence-corrected chi connectivity index (χ1v) is 31.0. The van der Waals surface area contributed by atoms with Crippen molar-refractivity contribution in [2.45, 2.75) is 272 Å². The molecular weight excluding hydrogens is 1070 g/mol. The van der Waals surface area contributed by atoms with Gasteiger partial charge < -0.3 is 89.9 Å². The molecule has 3 aliphatic heterocycles. The molecular formula is C64H107NO18. The molecule has 3 rings (SSSR count). The predicted molar refractivity (Wildman–Crippen MR) is 318 cm³/mol. The number of carbonyl (C=O) groups excluding carboxylic acids is 1. The minimum Gasteiger partial charge on any atom is -0.394 e. The molecule has 12 N–H and O–H groups in total. The van der Waals surface area contributed by atoms with Crippen LogP contribution in [0.25, 0.3) is 0 Å². The smallest absolute Gasteiger partial charge is 0.220 e. The molecule has 0 aliphatic carbocycles. The number of aliphatic hydroxyl groups is 11. The van der Waals surface area contributed by atoms with Crippen LogP contribution in [-0.4, -0.2) is 193 Å². The molecule has 83 heavy (non-hydrogen) atoms. The van der Waals surface area contributed by atoms with Gasteiger partial charge in [-0.05, 0) is 77.0 Å². The number of nitrogens with one attached hydrogen (secondary N) is 1. The van der Waals surface area contributed by atoms with Crippen molar-refractivity contribution < 1.29 is 89.4 Å². The zero-order chi connectivity index (χ0) is 60.5. The van der Waals surface area contributed by atoms with Crippen LogP contribution in [-0.2, 0) is 33.2 Å². The van der Waals surface area contributed by atoms with Crippen LogP contribution in [0.1, 0.15) is 168 Å². The zero-order valence-electron chi connectivity index (χ0n) is 49.6. The first kappa shape index (κ1) is 74.0. The van der Waals surface area contributed by atoms with Crippen molar-refractivity contribution in [3.63, 3.8) is 0 Å². The predicted octanol–water partition coefficient (Wildman–Crippen LogP) is 6.15. The maximum absolute atomic E-state index is 13.3. The highest BCUT2D eigenvalue weighted by molar-refractivity contribution is 5.76. The fourth-order valence-corrected chi connectivity index (χ4v) is 9.82.